The Balaban J connectivity index is 1.87. The minimum atomic E-state index is 0.0639. The van der Waals surface area contributed by atoms with Crippen LogP contribution in [0.25, 0.3) is 0 Å². The van der Waals surface area contributed by atoms with E-state index in [-0.39, 0.29) is 11.8 Å². The number of fused-ring (bicyclic) bond motifs is 2. The van der Waals surface area contributed by atoms with E-state index in [0.29, 0.717) is 29.0 Å². The van der Waals surface area contributed by atoms with E-state index < -0.39 is 0 Å². The molecule has 2 aliphatic heterocycles. The molecular weight excluding hydrogens is 404 g/mol. The van der Waals surface area contributed by atoms with Gasteiger partial charge in [0.1, 0.15) is 12.1 Å². The van der Waals surface area contributed by atoms with Crippen LogP contribution in [0.4, 0.5) is 0 Å². The number of aromatic hydroxyl groups is 1. The third-order valence-corrected chi connectivity index (χ3v) is 7.51. The third-order valence-electron chi connectivity index (χ3n) is 7.51. The van der Waals surface area contributed by atoms with Gasteiger partial charge in [-0.25, -0.2) is 0 Å². The molecule has 6 nitrogen and oxygen atoms in total. The Morgan fingerprint density at radius 3 is 2.06 bits per heavy atom. The SMILES string of the molecule is CC[C@@H]1c2cc(Oc3c(O)c(OC)cc4c3[C@@H](CC)[NH+](C)CC4)c(OC)cc2CC[NH+]1C. The molecule has 0 bridgehead atoms. The molecule has 0 spiro atoms. The van der Waals surface area contributed by atoms with Crippen LogP contribution in [0.1, 0.15) is 61.0 Å². The van der Waals surface area contributed by atoms with Crippen LogP contribution < -0.4 is 24.0 Å². The average molecular weight is 443 g/mol. The summed E-state index contributed by atoms with van der Waals surface area (Å²) in [7, 11) is 7.75. The number of quaternary nitrogens is 2. The van der Waals surface area contributed by atoms with Crippen molar-refractivity contribution in [3.8, 4) is 28.7 Å². The maximum Gasteiger partial charge on any atom is 0.201 e. The lowest BCUT2D eigenvalue weighted by Gasteiger charge is -2.34. The lowest BCUT2D eigenvalue weighted by atomic mass is 9.89. The van der Waals surface area contributed by atoms with Gasteiger partial charge < -0.3 is 29.1 Å². The second kappa shape index (κ2) is 9.20. The van der Waals surface area contributed by atoms with Gasteiger partial charge in [-0.15, -0.1) is 0 Å². The van der Waals surface area contributed by atoms with Crippen LogP contribution in [0, 0.1) is 0 Å². The van der Waals surface area contributed by atoms with Gasteiger partial charge in [-0.3, -0.25) is 0 Å². The zero-order valence-electron chi connectivity index (χ0n) is 20.3. The van der Waals surface area contributed by atoms with Gasteiger partial charge in [0, 0.05) is 31.2 Å². The van der Waals surface area contributed by atoms with Gasteiger partial charge >= 0.3 is 0 Å². The van der Waals surface area contributed by atoms with Crippen molar-refractivity contribution in [3.63, 3.8) is 0 Å². The van der Waals surface area contributed by atoms with Crippen molar-refractivity contribution in [1.82, 2.24) is 0 Å². The zero-order valence-corrected chi connectivity index (χ0v) is 20.3. The standard InChI is InChI=1S/C26H36N2O4/c1-7-19-18-15-22(21(30-5)13-16(18)9-11-27(19)3)32-26-24-17(14-23(31-6)25(26)29)10-12-28(4)20(24)8-2/h13-15,19-20,29H,7-12H2,1-6H3/p+2/t19-,20-/m1/s1. The highest BCUT2D eigenvalue weighted by atomic mass is 16.5. The maximum atomic E-state index is 11.1. The molecule has 0 saturated carbocycles. The van der Waals surface area contributed by atoms with Crippen molar-refractivity contribution < 1.29 is 29.1 Å². The van der Waals surface area contributed by atoms with E-state index in [2.05, 4.69) is 40.1 Å². The first-order valence-corrected chi connectivity index (χ1v) is 11.9. The van der Waals surface area contributed by atoms with Crippen LogP contribution in [0.5, 0.6) is 28.7 Å². The van der Waals surface area contributed by atoms with Crippen molar-refractivity contribution in [1.29, 1.82) is 0 Å². The summed E-state index contributed by atoms with van der Waals surface area (Å²) in [6.45, 7) is 6.60. The summed E-state index contributed by atoms with van der Waals surface area (Å²) in [6.07, 6.45) is 3.99. The fraction of sp³-hybridized carbons (Fsp3) is 0.538. The largest absolute Gasteiger partial charge is 0.502 e. The zero-order chi connectivity index (χ0) is 23.0. The van der Waals surface area contributed by atoms with Gasteiger partial charge in [0.15, 0.2) is 23.0 Å². The number of methoxy groups -OCH3 is 2. The van der Waals surface area contributed by atoms with Crippen LogP contribution in [0.15, 0.2) is 18.2 Å². The molecule has 0 aromatic heterocycles. The van der Waals surface area contributed by atoms with Crippen LogP contribution in [-0.2, 0) is 12.8 Å². The monoisotopic (exact) mass is 442 g/mol. The average Bonchev–Trinajstić information content (AvgIpc) is 2.80. The lowest BCUT2D eigenvalue weighted by Crippen LogP contribution is -3.10. The summed E-state index contributed by atoms with van der Waals surface area (Å²) in [5.74, 6) is 2.39. The number of rotatable bonds is 6. The molecule has 0 saturated heterocycles. The van der Waals surface area contributed by atoms with Crippen molar-refractivity contribution in [2.75, 3.05) is 41.4 Å². The van der Waals surface area contributed by atoms with E-state index in [4.69, 9.17) is 14.2 Å². The first-order valence-electron chi connectivity index (χ1n) is 11.9. The minimum Gasteiger partial charge on any atom is -0.502 e. The highest BCUT2D eigenvalue weighted by Gasteiger charge is 2.35. The van der Waals surface area contributed by atoms with Crippen molar-refractivity contribution in [2.24, 2.45) is 0 Å². The van der Waals surface area contributed by atoms with Crippen LogP contribution in [0.3, 0.4) is 0 Å². The third kappa shape index (κ3) is 3.80. The minimum absolute atomic E-state index is 0.0639. The number of benzene rings is 2. The molecular formula is C26H38N2O4+2. The fourth-order valence-electron chi connectivity index (χ4n) is 5.69. The molecule has 0 fully saturated rings. The van der Waals surface area contributed by atoms with Gasteiger partial charge in [-0.2, -0.15) is 0 Å². The van der Waals surface area contributed by atoms with Crippen LogP contribution in [-0.4, -0.2) is 46.5 Å². The molecule has 2 aliphatic rings. The number of phenols is 1. The number of likely N-dealkylation sites (N-methyl/N-ethyl adjacent to an activating group) is 2. The predicted molar refractivity (Wildman–Crippen MR) is 125 cm³/mol. The Morgan fingerprint density at radius 1 is 0.844 bits per heavy atom. The summed E-state index contributed by atoms with van der Waals surface area (Å²) in [5.41, 5.74) is 4.93. The summed E-state index contributed by atoms with van der Waals surface area (Å²) in [4.78, 5) is 2.96. The molecule has 2 aromatic rings. The topological polar surface area (TPSA) is 56.8 Å². The summed E-state index contributed by atoms with van der Waals surface area (Å²) >= 11 is 0. The van der Waals surface area contributed by atoms with E-state index in [1.54, 1.807) is 14.2 Å². The van der Waals surface area contributed by atoms with E-state index in [9.17, 15) is 5.11 Å². The normalized spacial score (nSPS) is 24.4. The van der Waals surface area contributed by atoms with Gasteiger partial charge in [0.05, 0.1) is 47.0 Å². The van der Waals surface area contributed by atoms with E-state index in [0.717, 1.165) is 44.3 Å². The number of nitrogens with one attached hydrogen (secondary N) is 2. The molecule has 4 atom stereocenters. The van der Waals surface area contributed by atoms with E-state index in [1.165, 1.54) is 26.5 Å². The first-order chi connectivity index (χ1) is 15.4. The second-order valence-electron chi connectivity index (χ2n) is 9.25. The lowest BCUT2D eigenvalue weighted by molar-refractivity contribution is -0.914. The van der Waals surface area contributed by atoms with Crippen LogP contribution in [0.2, 0.25) is 0 Å². The Bertz CT molecular complexity index is 991. The molecule has 3 N–H and O–H groups in total. The number of phenolic OH excluding ortho intramolecular Hbond substituents is 1. The first kappa shape index (κ1) is 22.7. The number of hydrogen-bond donors (Lipinski definition) is 3. The fourth-order valence-corrected chi connectivity index (χ4v) is 5.69. The highest BCUT2D eigenvalue weighted by molar-refractivity contribution is 5.62. The molecule has 0 amide bonds. The molecule has 2 unspecified atom stereocenters. The van der Waals surface area contributed by atoms with Gasteiger partial charge in [0.25, 0.3) is 0 Å². The Hall–Kier alpha value is -2.44. The molecule has 0 aliphatic carbocycles. The van der Waals surface area contributed by atoms with Crippen molar-refractivity contribution in [3.05, 3.63) is 40.5 Å². The predicted octanol–water partition coefficient (Wildman–Crippen LogP) is 2.25. The summed E-state index contributed by atoms with van der Waals surface area (Å²) in [6, 6.07) is 6.92. The molecule has 4 rings (SSSR count). The Kier molecular flexibility index (Phi) is 6.54. The Labute approximate surface area is 191 Å². The Morgan fingerprint density at radius 2 is 1.44 bits per heavy atom. The van der Waals surface area contributed by atoms with E-state index in [1.807, 2.05) is 6.07 Å². The number of hydrogen-bond acceptors (Lipinski definition) is 4. The van der Waals surface area contributed by atoms with Gasteiger partial charge in [0.2, 0.25) is 5.75 Å². The molecule has 2 aromatic carbocycles. The van der Waals surface area contributed by atoms with Gasteiger partial charge in [-0.1, -0.05) is 13.8 Å². The highest BCUT2D eigenvalue weighted by Crippen LogP contribution is 2.48. The van der Waals surface area contributed by atoms with E-state index >= 15 is 0 Å². The molecule has 32 heavy (non-hydrogen) atoms. The molecule has 174 valence electrons. The molecule has 2 heterocycles. The quantitative estimate of drug-likeness (QED) is 0.642. The smallest absolute Gasteiger partial charge is 0.201 e. The summed E-state index contributed by atoms with van der Waals surface area (Å²) < 4.78 is 17.8. The number of ether oxygens (including phenoxy) is 3. The molecule has 6 heteroatoms. The van der Waals surface area contributed by atoms with Gasteiger partial charge in [-0.05, 0) is 29.3 Å². The van der Waals surface area contributed by atoms with Crippen molar-refractivity contribution in [2.45, 2.75) is 51.6 Å². The molecule has 0 radical (unpaired) electrons. The van der Waals surface area contributed by atoms with Crippen LogP contribution >= 0.6 is 0 Å². The summed E-state index contributed by atoms with van der Waals surface area (Å²) in [5, 5.41) is 11.1. The maximum absolute atomic E-state index is 11.1. The second-order valence-corrected chi connectivity index (χ2v) is 9.25. The van der Waals surface area contributed by atoms with Crippen molar-refractivity contribution >= 4 is 0 Å².